The minimum Gasteiger partial charge on any atom is -0.371 e. The molecule has 0 unspecified atom stereocenters. The van der Waals surface area contributed by atoms with E-state index in [1.54, 1.807) is 0 Å². The van der Waals surface area contributed by atoms with Gasteiger partial charge in [0.05, 0.1) is 0 Å². The summed E-state index contributed by atoms with van der Waals surface area (Å²) in [5, 5.41) is 3.50. The van der Waals surface area contributed by atoms with Crippen LogP contribution in [0.25, 0.3) is 10.1 Å². The van der Waals surface area contributed by atoms with E-state index < -0.39 is 0 Å². The summed E-state index contributed by atoms with van der Waals surface area (Å²) in [6, 6.07) is 8.93. The fourth-order valence-electron chi connectivity index (χ4n) is 2.40. The number of nitrogens with zero attached hydrogens (tertiary/aromatic N) is 1. The maximum absolute atomic E-state index is 5.72. The number of hydrogen-bond donors (Lipinski definition) is 1. The summed E-state index contributed by atoms with van der Waals surface area (Å²) in [5.74, 6) is 0.680. The minimum absolute atomic E-state index is 0.680. The van der Waals surface area contributed by atoms with Crippen molar-refractivity contribution in [3.63, 3.8) is 0 Å². The summed E-state index contributed by atoms with van der Waals surface area (Å²) in [7, 11) is 0. The van der Waals surface area contributed by atoms with Crippen molar-refractivity contribution in [1.29, 1.82) is 0 Å². The Balaban J connectivity index is 1.88. The zero-order chi connectivity index (χ0) is 11.0. The Hall–Kier alpha value is -1.06. The Kier molecular flexibility index (Phi) is 2.58. The second-order valence-corrected chi connectivity index (χ2v) is 5.43. The van der Waals surface area contributed by atoms with Crippen molar-refractivity contribution in [2.75, 3.05) is 24.5 Å². The largest absolute Gasteiger partial charge is 0.371 e. The van der Waals surface area contributed by atoms with Crippen molar-refractivity contribution >= 4 is 27.1 Å². The highest BCUT2D eigenvalue weighted by Crippen LogP contribution is 2.29. The van der Waals surface area contributed by atoms with E-state index in [-0.39, 0.29) is 0 Å². The van der Waals surface area contributed by atoms with Crippen molar-refractivity contribution in [3.05, 3.63) is 29.6 Å². The van der Waals surface area contributed by atoms with E-state index in [1.165, 1.54) is 22.2 Å². The van der Waals surface area contributed by atoms with E-state index in [9.17, 15) is 0 Å². The molecular weight excluding hydrogens is 216 g/mol. The second-order valence-electron chi connectivity index (χ2n) is 4.48. The fourth-order valence-corrected chi connectivity index (χ4v) is 3.22. The molecule has 0 spiro atoms. The predicted octanol–water partition coefficient (Wildman–Crippen LogP) is 2.69. The van der Waals surface area contributed by atoms with Crippen LogP contribution in [0.2, 0.25) is 0 Å². The molecule has 1 aliphatic rings. The Morgan fingerprint density at radius 2 is 2.31 bits per heavy atom. The SMILES string of the molecule is NC[C@H]1CCN(c2ccc3ccsc3c2)C1. The molecule has 1 aromatic carbocycles. The molecule has 16 heavy (non-hydrogen) atoms. The molecule has 1 aliphatic heterocycles. The number of rotatable bonds is 2. The molecule has 0 bridgehead atoms. The first-order chi connectivity index (χ1) is 7.86. The molecule has 84 valence electrons. The lowest BCUT2D eigenvalue weighted by Gasteiger charge is -2.18. The van der Waals surface area contributed by atoms with Crippen LogP contribution in [0.4, 0.5) is 5.69 Å². The first kappa shape index (κ1) is 10.1. The summed E-state index contributed by atoms with van der Waals surface area (Å²) >= 11 is 1.82. The number of nitrogens with two attached hydrogens (primary N) is 1. The molecule has 2 aromatic rings. The molecule has 0 radical (unpaired) electrons. The predicted molar refractivity (Wildman–Crippen MR) is 71.2 cm³/mol. The van der Waals surface area contributed by atoms with Crippen LogP contribution in [0.5, 0.6) is 0 Å². The summed E-state index contributed by atoms with van der Waals surface area (Å²) in [6.07, 6.45) is 1.24. The van der Waals surface area contributed by atoms with Gasteiger partial charge >= 0.3 is 0 Å². The topological polar surface area (TPSA) is 29.3 Å². The molecule has 1 aromatic heterocycles. The first-order valence-electron chi connectivity index (χ1n) is 5.79. The Morgan fingerprint density at radius 1 is 1.38 bits per heavy atom. The van der Waals surface area contributed by atoms with Crippen LogP contribution < -0.4 is 10.6 Å². The molecule has 2 nitrogen and oxygen atoms in total. The smallest absolute Gasteiger partial charge is 0.0380 e. The Labute approximate surface area is 99.7 Å². The summed E-state index contributed by atoms with van der Waals surface area (Å²) in [5.41, 5.74) is 7.08. The normalized spacial score (nSPS) is 20.8. The van der Waals surface area contributed by atoms with Gasteiger partial charge in [0, 0.05) is 23.5 Å². The van der Waals surface area contributed by atoms with Gasteiger partial charge in [-0.05, 0) is 47.8 Å². The fraction of sp³-hybridized carbons (Fsp3) is 0.385. The van der Waals surface area contributed by atoms with E-state index in [0.29, 0.717) is 5.92 Å². The maximum atomic E-state index is 5.72. The van der Waals surface area contributed by atoms with Gasteiger partial charge in [0.15, 0.2) is 0 Å². The van der Waals surface area contributed by atoms with E-state index in [2.05, 4.69) is 34.5 Å². The van der Waals surface area contributed by atoms with Crippen molar-refractivity contribution in [2.24, 2.45) is 11.7 Å². The molecule has 2 N–H and O–H groups in total. The van der Waals surface area contributed by atoms with Crippen LogP contribution in [0.1, 0.15) is 6.42 Å². The molecule has 1 saturated heterocycles. The zero-order valence-corrected chi connectivity index (χ0v) is 10.0. The van der Waals surface area contributed by atoms with E-state index >= 15 is 0 Å². The van der Waals surface area contributed by atoms with Crippen LogP contribution in [0.15, 0.2) is 29.6 Å². The van der Waals surface area contributed by atoms with Crippen LogP contribution in [0.3, 0.4) is 0 Å². The third kappa shape index (κ3) is 1.70. The van der Waals surface area contributed by atoms with Gasteiger partial charge in [0.1, 0.15) is 0 Å². The zero-order valence-electron chi connectivity index (χ0n) is 9.23. The quantitative estimate of drug-likeness (QED) is 0.862. The lowest BCUT2D eigenvalue weighted by Crippen LogP contribution is -2.22. The minimum atomic E-state index is 0.680. The van der Waals surface area contributed by atoms with E-state index in [1.807, 2.05) is 11.3 Å². The average Bonchev–Trinajstić information content (AvgIpc) is 2.96. The number of hydrogen-bond acceptors (Lipinski definition) is 3. The van der Waals surface area contributed by atoms with E-state index in [4.69, 9.17) is 5.73 Å². The third-order valence-electron chi connectivity index (χ3n) is 3.42. The molecule has 1 fully saturated rings. The van der Waals surface area contributed by atoms with Crippen LogP contribution in [-0.4, -0.2) is 19.6 Å². The molecule has 0 amide bonds. The Bertz CT molecular complexity index is 491. The Morgan fingerprint density at radius 3 is 3.12 bits per heavy atom. The summed E-state index contributed by atoms with van der Waals surface area (Å²) in [6.45, 7) is 3.09. The third-order valence-corrected chi connectivity index (χ3v) is 4.30. The van der Waals surface area contributed by atoms with Crippen molar-refractivity contribution in [3.8, 4) is 0 Å². The molecule has 1 atom stereocenters. The summed E-state index contributed by atoms with van der Waals surface area (Å²) < 4.78 is 1.38. The highest BCUT2D eigenvalue weighted by atomic mass is 32.1. The van der Waals surface area contributed by atoms with Gasteiger partial charge in [0.25, 0.3) is 0 Å². The van der Waals surface area contributed by atoms with Gasteiger partial charge < -0.3 is 10.6 Å². The monoisotopic (exact) mass is 232 g/mol. The second kappa shape index (κ2) is 4.07. The highest BCUT2D eigenvalue weighted by molar-refractivity contribution is 7.17. The number of anilines is 1. The van der Waals surface area contributed by atoms with Crippen LogP contribution in [0, 0.1) is 5.92 Å². The molecule has 0 aliphatic carbocycles. The van der Waals surface area contributed by atoms with Crippen LogP contribution in [-0.2, 0) is 0 Å². The molecular formula is C13H16N2S. The standard InChI is InChI=1S/C13H16N2S/c14-8-10-3-5-15(9-10)12-2-1-11-4-6-16-13(11)7-12/h1-2,4,6-7,10H,3,5,8-9,14H2/t10-/m1/s1. The first-order valence-corrected chi connectivity index (χ1v) is 6.67. The molecule has 3 rings (SSSR count). The molecule has 3 heteroatoms. The van der Waals surface area contributed by atoms with Gasteiger partial charge in [-0.25, -0.2) is 0 Å². The van der Waals surface area contributed by atoms with E-state index in [0.717, 1.165) is 19.6 Å². The average molecular weight is 232 g/mol. The molecule has 2 heterocycles. The van der Waals surface area contributed by atoms with Gasteiger partial charge in [-0.1, -0.05) is 6.07 Å². The van der Waals surface area contributed by atoms with Crippen LogP contribution >= 0.6 is 11.3 Å². The maximum Gasteiger partial charge on any atom is 0.0380 e. The van der Waals surface area contributed by atoms with Gasteiger partial charge in [0.2, 0.25) is 0 Å². The van der Waals surface area contributed by atoms with Crippen molar-refractivity contribution in [2.45, 2.75) is 6.42 Å². The number of fused-ring (bicyclic) bond motifs is 1. The lowest BCUT2D eigenvalue weighted by molar-refractivity contribution is 0.603. The number of benzene rings is 1. The van der Waals surface area contributed by atoms with Gasteiger partial charge in [-0.15, -0.1) is 11.3 Å². The van der Waals surface area contributed by atoms with Gasteiger partial charge in [-0.2, -0.15) is 0 Å². The van der Waals surface area contributed by atoms with Gasteiger partial charge in [-0.3, -0.25) is 0 Å². The molecule has 0 saturated carbocycles. The highest BCUT2D eigenvalue weighted by Gasteiger charge is 2.21. The number of thiophene rings is 1. The lowest BCUT2D eigenvalue weighted by atomic mass is 10.1. The van der Waals surface area contributed by atoms with Crippen molar-refractivity contribution < 1.29 is 0 Å². The van der Waals surface area contributed by atoms with Crippen molar-refractivity contribution in [1.82, 2.24) is 0 Å². The summed E-state index contributed by atoms with van der Waals surface area (Å²) in [4.78, 5) is 2.46.